The van der Waals surface area contributed by atoms with Gasteiger partial charge in [0.25, 0.3) is 0 Å². The van der Waals surface area contributed by atoms with E-state index in [0.29, 0.717) is 0 Å². The lowest BCUT2D eigenvalue weighted by Crippen LogP contribution is -2.11. The molecule has 2 nitrogen and oxygen atoms in total. The summed E-state index contributed by atoms with van der Waals surface area (Å²) in [5.41, 5.74) is 9.83. The highest BCUT2D eigenvalue weighted by Crippen LogP contribution is 2.43. The second kappa shape index (κ2) is 10.8. The molecule has 9 rings (SSSR count). The Morgan fingerprint density at radius 3 is 1.96 bits per heavy atom. The lowest BCUT2D eigenvalue weighted by molar-refractivity contribution is 0.669. The van der Waals surface area contributed by atoms with Crippen LogP contribution < -0.4 is 4.90 Å². The van der Waals surface area contributed by atoms with Crippen LogP contribution in [0.3, 0.4) is 0 Å². The van der Waals surface area contributed by atoms with Crippen LogP contribution >= 0.6 is 0 Å². The maximum Gasteiger partial charge on any atom is 0.135 e. The minimum absolute atomic E-state index is 0.901. The Kier molecular flexibility index (Phi) is 6.17. The largest absolute Gasteiger partial charge is 0.456 e. The van der Waals surface area contributed by atoms with E-state index in [-0.39, 0.29) is 0 Å². The molecule has 0 aliphatic rings. The predicted molar refractivity (Wildman–Crippen MR) is 194 cm³/mol. The number of anilines is 3. The van der Waals surface area contributed by atoms with Crippen LogP contribution in [0, 0.1) is 0 Å². The standard InChI is InChI=1S/C44H29NO/c1-2-14-33(15-3-1)45(42-22-8-6-18-37(42)32-25-27-44-41(29-32)40-19-7-9-23-43(40)46-44)34-16-10-13-31(28-34)36-20-11-21-38-35-17-5-4-12-30(35)24-26-39(36)38/h1-29H. The van der Waals surface area contributed by atoms with Crippen molar-refractivity contribution in [3.63, 3.8) is 0 Å². The molecule has 0 bridgehead atoms. The molecule has 0 atom stereocenters. The van der Waals surface area contributed by atoms with Crippen molar-refractivity contribution in [2.75, 3.05) is 4.90 Å². The monoisotopic (exact) mass is 587 g/mol. The van der Waals surface area contributed by atoms with Crippen LogP contribution in [0.4, 0.5) is 17.1 Å². The number of rotatable bonds is 5. The van der Waals surface area contributed by atoms with Gasteiger partial charge in [-0.1, -0.05) is 127 Å². The van der Waals surface area contributed by atoms with E-state index in [0.717, 1.165) is 50.1 Å². The fourth-order valence-corrected chi connectivity index (χ4v) is 6.92. The molecular formula is C44H29NO. The molecule has 9 aromatic rings. The second-order valence-corrected chi connectivity index (χ2v) is 11.7. The number of para-hydroxylation sites is 3. The highest BCUT2D eigenvalue weighted by molar-refractivity contribution is 6.12. The highest BCUT2D eigenvalue weighted by atomic mass is 16.3. The van der Waals surface area contributed by atoms with Gasteiger partial charge >= 0.3 is 0 Å². The van der Waals surface area contributed by atoms with E-state index in [2.05, 4.69) is 169 Å². The zero-order chi connectivity index (χ0) is 30.5. The number of furan rings is 1. The van der Waals surface area contributed by atoms with Crippen molar-refractivity contribution in [3.05, 3.63) is 176 Å². The molecule has 0 saturated carbocycles. The zero-order valence-corrected chi connectivity index (χ0v) is 25.1. The third-order valence-electron chi connectivity index (χ3n) is 9.05. The van der Waals surface area contributed by atoms with Crippen LogP contribution in [0.1, 0.15) is 0 Å². The van der Waals surface area contributed by atoms with Crippen molar-refractivity contribution in [3.8, 4) is 22.3 Å². The van der Waals surface area contributed by atoms with Gasteiger partial charge in [-0.05, 0) is 86.8 Å². The molecule has 0 saturated heterocycles. The summed E-state index contributed by atoms with van der Waals surface area (Å²) < 4.78 is 6.16. The Hall–Kier alpha value is -6.12. The van der Waals surface area contributed by atoms with Gasteiger partial charge in [0.05, 0.1) is 5.69 Å². The molecule has 8 aromatic carbocycles. The zero-order valence-electron chi connectivity index (χ0n) is 25.1. The average molecular weight is 588 g/mol. The summed E-state index contributed by atoms with van der Waals surface area (Å²) in [7, 11) is 0. The molecule has 0 aliphatic carbocycles. The van der Waals surface area contributed by atoms with Crippen molar-refractivity contribution in [2.24, 2.45) is 0 Å². The third-order valence-corrected chi connectivity index (χ3v) is 9.05. The van der Waals surface area contributed by atoms with E-state index in [1.54, 1.807) is 0 Å². The van der Waals surface area contributed by atoms with E-state index < -0.39 is 0 Å². The van der Waals surface area contributed by atoms with Crippen LogP contribution in [0.5, 0.6) is 0 Å². The average Bonchev–Trinajstić information content (AvgIpc) is 3.50. The van der Waals surface area contributed by atoms with Crippen molar-refractivity contribution >= 4 is 60.5 Å². The first-order valence-corrected chi connectivity index (χ1v) is 15.7. The first kappa shape index (κ1) is 26.3. The van der Waals surface area contributed by atoms with E-state index in [1.165, 1.54) is 32.7 Å². The normalized spacial score (nSPS) is 11.5. The van der Waals surface area contributed by atoms with Crippen molar-refractivity contribution in [1.82, 2.24) is 0 Å². The Labute approximate surface area is 267 Å². The van der Waals surface area contributed by atoms with Crippen LogP contribution in [0.15, 0.2) is 180 Å². The maximum atomic E-state index is 6.16. The maximum absolute atomic E-state index is 6.16. The van der Waals surface area contributed by atoms with Gasteiger partial charge in [-0.3, -0.25) is 0 Å². The predicted octanol–water partition coefficient (Wildman–Crippen LogP) is 12.7. The van der Waals surface area contributed by atoms with Gasteiger partial charge in [0.15, 0.2) is 0 Å². The molecule has 2 heteroatoms. The first-order valence-electron chi connectivity index (χ1n) is 15.7. The molecule has 1 heterocycles. The van der Waals surface area contributed by atoms with Gasteiger partial charge in [-0.25, -0.2) is 0 Å². The topological polar surface area (TPSA) is 16.4 Å². The number of nitrogens with zero attached hydrogens (tertiary/aromatic N) is 1. The fourth-order valence-electron chi connectivity index (χ4n) is 6.92. The molecule has 0 unspecified atom stereocenters. The SMILES string of the molecule is c1ccc(N(c2cccc(-c3cccc4c3ccc3ccccc34)c2)c2ccccc2-c2ccc3oc4ccccc4c3c2)cc1. The molecule has 0 spiro atoms. The van der Waals surface area contributed by atoms with Crippen molar-refractivity contribution in [2.45, 2.75) is 0 Å². The highest BCUT2D eigenvalue weighted by Gasteiger charge is 2.19. The van der Waals surface area contributed by atoms with Gasteiger partial charge in [0.2, 0.25) is 0 Å². The van der Waals surface area contributed by atoms with Gasteiger partial charge in [-0.15, -0.1) is 0 Å². The number of fused-ring (bicyclic) bond motifs is 6. The Morgan fingerprint density at radius 1 is 0.348 bits per heavy atom. The van der Waals surface area contributed by atoms with E-state index in [4.69, 9.17) is 4.42 Å². The van der Waals surface area contributed by atoms with E-state index >= 15 is 0 Å². The van der Waals surface area contributed by atoms with Crippen molar-refractivity contribution in [1.29, 1.82) is 0 Å². The third kappa shape index (κ3) is 4.35. The molecular weight excluding hydrogens is 558 g/mol. The first-order chi connectivity index (χ1) is 22.8. The van der Waals surface area contributed by atoms with Crippen molar-refractivity contribution < 1.29 is 4.42 Å². The summed E-state index contributed by atoms with van der Waals surface area (Å²) in [5.74, 6) is 0. The Balaban J connectivity index is 1.23. The summed E-state index contributed by atoms with van der Waals surface area (Å²) in [6.07, 6.45) is 0. The molecule has 0 amide bonds. The van der Waals surface area contributed by atoms with Crippen LogP contribution in [-0.4, -0.2) is 0 Å². The summed E-state index contributed by atoms with van der Waals surface area (Å²) in [5, 5.41) is 7.32. The lowest BCUT2D eigenvalue weighted by atomic mass is 9.94. The van der Waals surface area contributed by atoms with Crippen LogP contribution in [-0.2, 0) is 0 Å². The molecule has 0 N–H and O–H groups in total. The quantitative estimate of drug-likeness (QED) is 0.186. The molecule has 0 radical (unpaired) electrons. The summed E-state index contributed by atoms with van der Waals surface area (Å²) in [4.78, 5) is 2.37. The second-order valence-electron chi connectivity index (χ2n) is 11.7. The summed E-state index contributed by atoms with van der Waals surface area (Å²) >= 11 is 0. The number of benzene rings is 8. The molecule has 0 fully saturated rings. The molecule has 1 aromatic heterocycles. The van der Waals surface area contributed by atoms with Gasteiger partial charge in [0.1, 0.15) is 11.2 Å². The van der Waals surface area contributed by atoms with Gasteiger partial charge in [-0.2, -0.15) is 0 Å². The van der Waals surface area contributed by atoms with Crippen LogP contribution in [0.25, 0.3) is 65.7 Å². The molecule has 216 valence electrons. The van der Waals surface area contributed by atoms with E-state index in [9.17, 15) is 0 Å². The summed E-state index contributed by atoms with van der Waals surface area (Å²) in [6, 6.07) is 62.8. The molecule has 46 heavy (non-hydrogen) atoms. The molecule has 0 aliphatic heterocycles. The Morgan fingerprint density at radius 2 is 1.02 bits per heavy atom. The lowest BCUT2D eigenvalue weighted by Gasteiger charge is -2.28. The summed E-state index contributed by atoms with van der Waals surface area (Å²) in [6.45, 7) is 0. The minimum atomic E-state index is 0.901. The smallest absolute Gasteiger partial charge is 0.135 e. The Bertz CT molecular complexity index is 2540. The fraction of sp³-hybridized carbons (Fsp3) is 0. The van der Waals surface area contributed by atoms with E-state index in [1.807, 2.05) is 12.1 Å². The van der Waals surface area contributed by atoms with Gasteiger partial charge in [0, 0.05) is 27.7 Å². The number of hydrogen-bond donors (Lipinski definition) is 0. The van der Waals surface area contributed by atoms with Crippen LogP contribution in [0.2, 0.25) is 0 Å². The minimum Gasteiger partial charge on any atom is -0.456 e. The number of hydrogen-bond acceptors (Lipinski definition) is 2. The van der Waals surface area contributed by atoms with Gasteiger partial charge < -0.3 is 9.32 Å².